The minimum atomic E-state index is -4.35. The van der Waals surface area contributed by atoms with Gasteiger partial charge in [0, 0.05) is 25.6 Å². The van der Waals surface area contributed by atoms with Crippen LogP contribution in [-0.2, 0) is 15.7 Å². The number of carbonyl (C=O) groups is 1. The lowest BCUT2D eigenvalue weighted by molar-refractivity contribution is -0.137. The molecule has 1 amide bonds. The van der Waals surface area contributed by atoms with Crippen LogP contribution >= 0.6 is 0 Å². The molecule has 0 bridgehead atoms. The third-order valence-electron chi connectivity index (χ3n) is 5.51. The third-order valence-corrected chi connectivity index (χ3v) is 5.51. The summed E-state index contributed by atoms with van der Waals surface area (Å²) in [5.74, 6) is 0.258. The van der Waals surface area contributed by atoms with Gasteiger partial charge in [-0.3, -0.25) is 9.69 Å². The second-order valence-electron chi connectivity index (χ2n) is 7.24. The highest BCUT2D eigenvalue weighted by Crippen LogP contribution is 2.31. The summed E-state index contributed by atoms with van der Waals surface area (Å²) < 4.78 is 43.9. The number of nitrogens with one attached hydrogen (secondary N) is 2. The van der Waals surface area contributed by atoms with Crippen molar-refractivity contribution in [3.05, 3.63) is 35.4 Å². The van der Waals surface area contributed by atoms with Crippen LogP contribution in [0.5, 0.6) is 0 Å². The Balaban J connectivity index is 1.69. The average molecular weight is 385 g/mol. The van der Waals surface area contributed by atoms with E-state index in [9.17, 15) is 18.0 Å². The van der Waals surface area contributed by atoms with Gasteiger partial charge in [-0.05, 0) is 36.7 Å². The van der Waals surface area contributed by atoms with E-state index in [1.54, 1.807) is 0 Å². The average Bonchev–Trinajstić information content (AvgIpc) is 2.61. The second kappa shape index (κ2) is 8.58. The molecule has 0 spiro atoms. The number of amides is 1. The molecule has 2 heterocycles. The van der Waals surface area contributed by atoms with Gasteiger partial charge in [0.2, 0.25) is 5.91 Å². The highest BCUT2D eigenvalue weighted by molar-refractivity contribution is 5.78. The van der Waals surface area contributed by atoms with E-state index in [4.69, 9.17) is 4.74 Å². The minimum Gasteiger partial charge on any atom is -0.379 e. The third kappa shape index (κ3) is 5.00. The highest BCUT2D eigenvalue weighted by Gasteiger charge is 2.32. The smallest absolute Gasteiger partial charge is 0.379 e. The van der Waals surface area contributed by atoms with Gasteiger partial charge in [0.05, 0.1) is 24.8 Å². The van der Waals surface area contributed by atoms with E-state index in [1.165, 1.54) is 12.1 Å². The lowest BCUT2D eigenvalue weighted by Crippen LogP contribution is -2.51. The zero-order valence-corrected chi connectivity index (χ0v) is 15.4. The number of ether oxygens (including phenoxy) is 1. The predicted molar refractivity (Wildman–Crippen MR) is 95.1 cm³/mol. The Morgan fingerprint density at radius 1 is 1.26 bits per heavy atom. The molecule has 1 aromatic carbocycles. The van der Waals surface area contributed by atoms with Gasteiger partial charge in [0.1, 0.15) is 0 Å². The van der Waals surface area contributed by atoms with Crippen molar-refractivity contribution in [3.8, 4) is 0 Å². The van der Waals surface area contributed by atoms with Crippen molar-refractivity contribution >= 4 is 5.91 Å². The Labute approximate surface area is 157 Å². The topological polar surface area (TPSA) is 53.6 Å². The van der Waals surface area contributed by atoms with Crippen LogP contribution in [0.15, 0.2) is 24.3 Å². The maximum Gasteiger partial charge on any atom is 0.416 e. The summed E-state index contributed by atoms with van der Waals surface area (Å²) >= 11 is 0. The van der Waals surface area contributed by atoms with Crippen molar-refractivity contribution in [2.45, 2.75) is 19.1 Å². The van der Waals surface area contributed by atoms with E-state index < -0.39 is 11.7 Å². The maximum absolute atomic E-state index is 12.8. The van der Waals surface area contributed by atoms with Gasteiger partial charge in [-0.1, -0.05) is 19.1 Å². The largest absolute Gasteiger partial charge is 0.416 e. The molecule has 0 saturated carbocycles. The van der Waals surface area contributed by atoms with Crippen molar-refractivity contribution in [2.24, 2.45) is 11.8 Å². The molecular formula is C19H26F3N3O2. The SMILES string of the molecule is CC(C(=O)NCC(c1ccc(C(F)(F)F)cc1)N1CCOCC1)C1CNC1. The summed E-state index contributed by atoms with van der Waals surface area (Å²) in [6.45, 7) is 6.51. The fraction of sp³-hybridized carbons (Fsp3) is 0.632. The molecule has 0 radical (unpaired) electrons. The van der Waals surface area contributed by atoms with E-state index in [0.717, 1.165) is 30.8 Å². The van der Waals surface area contributed by atoms with Gasteiger partial charge in [0.25, 0.3) is 0 Å². The minimum absolute atomic E-state index is 0.00771. The summed E-state index contributed by atoms with van der Waals surface area (Å²) in [6.07, 6.45) is -4.35. The zero-order chi connectivity index (χ0) is 19.4. The molecule has 2 aliphatic heterocycles. The predicted octanol–water partition coefficient (Wildman–Crippen LogP) is 2.05. The Kier molecular flexibility index (Phi) is 6.39. The standard InChI is InChI=1S/C19H26F3N3O2/c1-13(15-10-23-11-15)18(26)24-12-17(25-6-8-27-9-7-25)14-2-4-16(5-3-14)19(20,21)22/h2-5,13,15,17,23H,6-12H2,1H3,(H,24,26). The first-order valence-corrected chi connectivity index (χ1v) is 9.33. The summed E-state index contributed by atoms with van der Waals surface area (Å²) in [7, 11) is 0. The molecular weight excluding hydrogens is 359 g/mol. The van der Waals surface area contributed by atoms with Crippen molar-refractivity contribution in [1.29, 1.82) is 0 Å². The van der Waals surface area contributed by atoms with E-state index in [1.807, 2.05) is 6.92 Å². The van der Waals surface area contributed by atoms with E-state index >= 15 is 0 Å². The first kappa shape index (κ1) is 20.1. The van der Waals surface area contributed by atoms with Crippen LogP contribution in [0.2, 0.25) is 0 Å². The zero-order valence-electron chi connectivity index (χ0n) is 15.4. The molecule has 3 rings (SSSR count). The maximum atomic E-state index is 12.8. The number of benzene rings is 1. The summed E-state index contributed by atoms with van der Waals surface area (Å²) in [5.41, 5.74) is 0.102. The molecule has 8 heteroatoms. The van der Waals surface area contributed by atoms with Crippen LogP contribution in [0.25, 0.3) is 0 Å². The van der Waals surface area contributed by atoms with Crippen molar-refractivity contribution in [1.82, 2.24) is 15.5 Å². The van der Waals surface area contributed by atoms with Gasteiger partial charge in [-0.2, -0.15) is 13.2 Å². The first-order chi connectivity index (χ1) is 12.9. The number of alkyl halides is 3. The van der Waals surface area contributed by atoms with Crippen LogP contribution in [-0.4, -0.2) is 56.7 Å². The number of hydrogen-bond donors (Lipinski definition) is 2. The molecule has 2 fully saturated rings. The van der Waals surface area contributed by atoms with Crippen LogP contribution in [0, 0.1) is 11.8 Å². The molecule has 2 unspecified atom stereocenters. The van der Waals surface area contributed by atoms with Crippen molar-refractivity contribution in [2.75, 3.05) is 45.9 Å². The van der Waals surface area contributed by atoms with E-state index in [2.05, 4.69) is 15.5 Å². The molecule has 0 aromatic heterocycles. The summed E-state index contributed by atoms with van der Waals surface area (Å²) in [5, 5.41) is 6.16. The van der Waals surface area contributed by atoms with Crippen molar-refractivity contribution < 1.29 is 22.7 Å². The second-order valence-corrected chi connectivity index (χ2v) is 7.24. The van der Waals surface area contributed by atoms with E-state index in [-0.39, 0.29) is 17.9 Å². The van der Waals surface area contributed by atoms with Crippen LogP contribution in [0.3, 0.4) is 0 Å². The Morgan fingerprint density at radius 3 is 2.41 bits per heavy atom. The number of carbonyl (C=O) groups excluding carboxylic acids is 1. The fourth-order valence-electron chi connectivity index (χ4n) is 3.48. The Bertz CT molecular complexity index is 626. The van der Waals surface area contributed by atoms with E-state index in [0.29, 0.717) is 38.8 Å². The van der Waals surface area contributed by atoms with Crippen LogP contribution in [0.4, 0.5) is 13.2 Å². The number of rotatable bonds is 6. The number of halogens is 3. The highest BCUT2D eigenvalue weighted by atomic mass is 19.4. The quantitative estimate of drug-likeness (QED) is 0.787. The Morgan fingerprint density at radius 2 is 1.89 bits per heavy atom. The molecule has 2 saturated heterocycles. The summed E-state index contributed by atoms with van der Waals surface area (Å²) in [4.78, 5) is 14.6. The number of hydrogen-bond acceptors (Lipinski definition) is 4. The van der Waals surface area contributed by atoms with Crippen LogP contribution < -0.4 is 10.6 Å². The number of morpholine rings is 1. The van der Waals surface area contributed by atoms with Gasteiger partial charge in [0.15, 0.2) is 0 Å². The normalized spacial score (nSPS) is 21.3. The molecule has 2 aliphatic rings. The fourth-order valence-corrected chi connectivity index (χ4v) is 3.48. The monoisotopic (exact) mass is 385 g/mol. The molecule has 27 heavy (non-hydrogen) atoms. The van der Waals surface area contributed by atoms with Gasteiger partial charge < -0.3 is 15.4 Å². The molecule has 0 aliphatic carbocycles. The first-order valence-electron chi connectivity index (χ1n) is 9.33. The lowest BCUT2D eigenvalue weighted by Gasteiger charge is -2.36. The molecule has 5 nitrogen and oxygen atoms in total. The molecule has 2 N–H and O–H groups in total. The van der Waals surface area contributed by atoms with Crippen molar-refractivity contribution in [3.63, 3.8) is 0 Å². The van der Waals surface area contributed by atoms with Crippen LogP contribution in [0.1, 0.15) is 24.1 Å². The van der Waals surface area contributed by atoms with Gasteiger partial charge in [-0.25, -0.2) is 0 Å². The van der Waals surface area contributed by atoms with Gasteiger partial charge >= 0.3 is 6.18 Å². The summed E-state index contributed by atoms with van der Waals surface area (Å²) in [6, 6.07) is 5.05. The molecule has 1 aromatic rings. The van der Waals surface area contributed by atoms with Gasteiger partial charge in [-0.15, -0.1) is 0 Å². The molecule has 2 atom stereocenters. The molecule has 150 valence electrons. The lowest BCUT2D eigenvalue weighted by atomic mass is 9.88. The number of nitrogens with zero attached hydrogens (tertiary/aromatic N) is 1. The Hall–Kier alpha value is -1.64.